The fraction of sp³-hybridized carbons (Fsp3) is 0.667. The molecule has 0 unspecified atom stereocenters. The molecule has 1 aromatic heterocycles. The van der Waals surface area contributed by atoms with Crippen molar-refractivity contribution in [2.24, 2.45) is 5.92 Å². The van der Waals surface area contributed by atoms with Crippen molar-refractivity contribution >= 4 is 16.8 Å². The highest BCUT2D eigenvalue weighted by atomic mass is 16.5. The van der Waals surface area contributed by atoms with Gasteiger partial charge in [-0.05, 0) is 71.4 Å². The highest BCUT2D eigenvalue weighted by Crippen LogP contribution is 2.32. The van der Waals surface area contributed by atoms with Gasteiger partial charge in [0.05, 0.1) is 23.7 Å². The second kappa shape index (κ2) is 10.3. The van der Waals surface area contributed by atoms with E-state index in [-0.39, 0.29) is 30.0 Å². The maximum atomic E-state index is 11.2. The summed E-state index contributed by atoms with van der Waals surface area (Å²) in [5.41, 5.74) is 1.97. The lowest BCUT2D eigenvalue weighted by molar-refractivity contribution is -0.118. The summed E-state index contributed by atoms with van der Waals surface area (Å²) in [6.45, 7) is 11.3. The van der Waals surface area contributed by atoms with E-state index in [2.05, 4.69) is 25.3 Å². The average molecular weight is 417 g/mol. The molecule has 6 nitrogen and oxygen atoms in total. The van der Waals surface area contributed by atoms with E-state index in [1.54, 1.807) is 6.92 Å². The van der Waals surface area contributed by atoms with Gasteiger partial charge < -0.3 is 19.0 Å². The summed E-state index contributed by atoms with van der Waals surface area (Å²) in [4.78, 5) is 16.0. The molecule has 0 radical (unpaired) electrons. The monoisotopic (exact) mass is 416 g/mol. The van der Waals surface area contributed by atoms with Gasteiger partial charge in [-0.2, -0.15) is 4.98 Å². The summed E-state index contributed by atoms with van der Waals surface area (Å²) >= 11 is 0. The third kappa shape index (κ3) is 5.75. The Labute approximate surface area is 179 Å². The molecule has 3 rings (SSSR count). The number of hydrogen-bond donors (Lipinski definition) is 0. The van der Waals surface area contributed by atoms with Crippen LogP contribution in [0, 0.1) is 5.92 Å². The summed E-state index contributed by atoms with van der Waals surface area (Å²) in [5.74, 6) is 1.36. The van der Waals surface area contributed by atoms with Crippen molar-refractivity contribution in [3.8, 4) is 11.8 Å². The van der Waals surface area contributed by atoms with E-state index >= 15 is 0 Å². The molecule has 1 aromatic carbocycles. The predicted octanol–water partition coefficient (Wildman–Crippen LogP) is 5.34. The van der Waals surface area contributed by atoms with Gasteiger partial charge in [-0.25, -0.2) is 0 Å². The first-order valence-electron chi connectivity index (χ1n) is 11.3. The van der Waals surface area contributed by atoms with Gasteiger partial charge >= 0.3 is 0 Å². The molecule has 6 heteroatoms. The van der Waals surface area contributed by atoms with Crippen molar-refractivity contribution in [3.63, 3.8) is 0 Å². The molecule has 1 aliphatic carbocycles. The maximum Gasteiger partial charge on any atom is 0.297 e. The fourth-order valence-corrected chi connectivity index (χ4v) is 4.21. The summed E-state index contributed by atoms with van der Waals surface area (Å²) in [6.07, 6.45) is 4.88. The van der Waals surface area contributed by atoms with E-state index in [4.69, 9.17) is 19.2 Å². The maximum absolute atomic E-state index is 11.2. The zero-order valence-electron chi connectivity index (χ0n) is 19.0. The van der Waals surface area contributed by atoms with Crippen LogP contribution in [-0.4, -0.2) is 40.8 Å². The summed E-state index contributed by atoms with van der Waals surface area (Å²) in [5, 5.41) is 0. The van der Waals surface area contributed by atoms with Crippen molar-refractivity contribution in [1.29, 1.82) is 0 Å². The molecule has 1 aliphatic rings. The first-order valence-corrected chi connectivity index (χ1v) is 11.3. The molecule has 0 saturated heterocycles. The number of ether oxygens (including phenoxy) is 3. The minimum absolute atomic E-state index is 0.153. The van der Waals surface area contributed by atoms with Gasteiger partial charge in [0, 0.05) is 25.1 Å². The minimum Gasteiger partial charge on any atom is -0.494 e. The molecule has 1 heterocycles. The molecule has 0 spiro atoms. The van der Waals surface area contributed by atoms with Crippen LogP contribution >= 0.6 is 0 Å². The van der Waals surface area contributed by atoms with E-state index in [0.717, 1.165) is 42.5 Å². The van der Waals surface area contributed by atoms with Crippen LogP contribution in [0.1, 0.15) is 72.8 Å². The molecule has 166 valence electrons. The molecule has 1 saturated carbocycles. The van der Waals surface area contributed by atoms with Crippen LogP contribution in [0.15, 0.2) is 18.2 Å². The summed E-state index contributed by atoms with van der Waals surface area (Å²) < 4.78 is 20.2. The molecule has 1 fully saturated rings. The van der Waals surface area contributed by atoms with Crippen LogP contribution in [0.2, 0.25) is 0 Å². The molecule has 0 aliphatic heterocycles. The highest BCUT2D eigenvalue weighted by Gasteiger charge is 2.26. The van der Waals surface area contributed by atoms with Crippen LogP contribution in [0.3, 0.4) is 0 Å². The molecule has 0 bridgehead atoms. The number of ketones is 1. The number of imidazole rings is 1. The Kier molecular flexibility index (Phi) is 7.75. The van der Waals surface area contributed by atoms with Gasteiger partial charge in [-0.1, -0.05) is 6.92 Å². The number of aromatic nitrogens is 2. The fourth-order valence-electron chi connectivity index (χ4n) is 4.21. The zero-order chi connectivity index (χ0) is 21.7. The number of fused-ring (bicyclic) bond motifs is 1. The molecular formula is C24H36N2O4. The van der Waals surface area contributed by atoms with Gasteiger partial charge in [-0.15, -0.1) is 0 Å². The van der Waals surface area contributed by atoms with Gasteiger partial charge in [-0.3, -0.25) is 4.57 Å². The van der Waals surface area contributed by atoms with Crippen molar-refractivity contribution in [1.82, 2.24) is 9.55 Å². The first-order chi connectivity index (χ1) is 14.4. The standard InChI is InChI=1S/C24H36N2O4/c1-6-28-21-11-12-22-23(14-21)26(16(2)3)24(25-22)30-20-9-7-19(8-10-20)29-15-17(4)13-18(5)27/h11-12,14,16-17,19-20H,6-10,13,15H2,1-5H3/t17-,19?,20?/m1/s1. The number of nitrogens with zero attached hydrogens (tertiary/aromatic N) is 2. The van der Waals surface area contributed by atoms with E-state index in [9.17, 15) is 4.79 Å². The Bertz CT molecular complexity index is 837. The highest BCUT2D eigenvalue weighted by molar-refractivity contribution is 5.78. The topological polar surface area (TPSA) is 62.6 Å². The van der Waals surface area contributed by atoms with Gasteiger partial charge in [0.15, 0.2) is 0 Å². The average Bonchev–Trinajstić information content (AvgIpc) is 3.04. The van der Waals surface area contributed by atoms with Gasteiger partial charge in [0.25, 0.3) is 6.01 Å². The number of carbonyl (C=O) groups excluding carboxylic acids is 1. The van der Waals surface area contributed by atoms with Gasteiger partial charge in [0.2, 0.25) is 0 Å². The van der Waals surface area contributed by atoms with Crippen molar-refractivity contribution < 1.29 is 19.0 Å². The third-order valence-electron chi connectivity index (χ3n) is 5.60. The Morgan fingerprint density at radius 1 is 1.17 bits per heavy atom. The Morgan fingerprint density at radius 3 is 2.50 bits per heavy atom. The summed E-state index contributed by atoms with van der Waals surface area (Å²) in [6, 6.07) is 6.94. The predicted molar refractivity (Wildman–Crippen MR) is 118 cm³/mol. The second-order valence-electron chi connectivity index (χ2n) is 8.80. The number of rotatable bonds is 10. The van der Waals surface area contributed by atoms with Crippen molar-refractivity contribution in [2.45, 2.75) is 85.0 Å². The normalized spacial score (nSPS) is 20.5. The Morgan fingerprint density at radius 2 is 1.87 bits per heavy atom. The Balaban J connectivity index is 1.60. The second-order valence-corrected chi connectivity index (χ2v) is 8.80. The van der Waals surface area contributed by atoms with Crippen LogP contribution in [-0.2, 0) is 9.53 Å². The molecular weight excluding hydrogens is 380 g/mol. The number of hydrogen-bond acceptors (Lipinski definition) is 5. The number of benzene rings is 1. The zero-order valence-corrected chi connectivity index (χ0v) is 19.0. The van der Waals surface area contributed by atoms with Crippen LogP contribution in [0.4, 0.5) is 0 Å². The lowest BCUT2D eigenvalue weighted by Crippen LogP contribution is -2.30. The molecule has 0 N–H and O–H groups in total. The largest absolute Gasteiger partial charge is 0.494 e. The molecule has 0 amide bonds. The lowest BCUT2D eigenvalue weighted by atomic mass is 9.95. The third-order valence-corrected chi connectivity index (χ3v) is 5.60. The van der Waals surface area contributed by atoms with Gasteiger partial charge in [0.1, 0.15) is 17.6 Å². The van der Waals surface area contributed by atoms with E-state index in [1.165, 1.54) is 0 Å². The smallest absolute Gasteiger partial charge is 0.297 e. The number of Topliss-reactive ketones (excluding diaryl/α,β-unsaturated/α-hetero) is 1. The SMILES string of the molecule is CCOc1ccc2nc(OC3CCC(OC[C@H](C)CC(C)=O)CC3)n(C(C)C)c2c1. The lowest BCUT2D eigenvalue weighted by Gasteiger charge is -2.29. The number of carbonyl (C=O) groups is 1. The van der Waals surface area contributed by atoms with E-state index in [1.807, 2.05) is 25.1 Å². The van der Waals surface area contributed by atoms with Crippen LogP contribution < -0.4 is 9.47 Å². The van der Waals surface area contributed by atoms with Crippen molar-refractivity contribution in [2.75, 3.05) is 13.2 Å². The van der Waals surface area contributed by atoms with E-state index in [0.29, 0.717) is 25.6 Å². The Hall–Kier alpha value is -2.08. The first kappa shape index (κ1) is 22.6. The summed E-state index contributed by atoms with van der Waals surface area (Å²) in [7, 11) is 0. The minimum atomic E-state index is 0.153. The van der Waals surface area contributed by atoms with Crippen molar-refractivity contribution in [3.05, 3.63) is 18.2 Å². The van der Waals surface area contributed by atoms with Crippen LogP contribution in [0.25, 0.3) is 11.0 Å². The van der Waals surface area contributed by atoms with E-state index < -0.39 is 0 Å². The molecule has 30 heavy (non-hydrogen) atoms. The molecule has 1 atom stereocenters. The quantitative estimate of drug-likeness (QED) is 0.523. The van der Waals surface area contributed by atoms with Crippen LogP contribution in [0.5, 0.6) is 11.8 Å². The molecule has 2 aromatic rings.